The molecule has 0 fully saturated rings. The van der Waals surface area contributed by atoms with Crippen LogP contribution in [0.15, 0.2) is 24.3 Å². The van der Waals surface area contributed by atoms with Crippen LogP contribution in [-0.2, 0) is 14.4 Å². The monoisotopic (exact) mass is 592 g/mol. The van der Waals surface area contributed by atoms with Gasteiger partial charge in [0, 0.05) is 0 Å². The van der Waals surface area contributed by atoms with Crippen molar-refractivity contribution in [2.24, 2.45) is 0 Å². The number of carbonyl (C=O) groups excluding carboxylic acids is 3. The molecule has 0 aliphatic rings. The molecule has 0 radical (unpaired) electrons. The number of hydrogen-bond donors (Lipinski definition) is 0. The average molecular weight is 591 g/mol. The zero-order chi connectivity index (χ0) is 25.9. The third-order valence-corrected chi connectivity index (χ3v) is 20.5. The number of aryl methyl sites for hydroxylation is 1. The predicted octanol–water partition coefficient (Wildman–Crippen LogP) is 8.06. The van der Waals surface area contributed by atoms with Crippen molar-refractivity contribution in [3.05, 3.63) is 29.8 Å². The Kier molecular flexibility index (Phi) is 17.6. The van der Waals surface area contributed by atoms with Crippen LogP contribution >= 0.6 is 0 Å². The van der Waals surface area contributed by atoms with Gasteiger partial charge in [-0.3, -0.25) is 0 Å². The second-order valence-electron chi connectivity index (χ2n) is 10.3. The van der Waals surface area contributed by atoms with Gasteiger partial charge in [0.15, 0.2) is 0 Å². The summed E-state index contributed by atoms with van der Waals surface area (Å²) in [7, 11) is 0. The van der Waals surface area contributed by atoms with Crippen molar-refractivity contribution < 1.29 is 14.4 Å². The molecule has 0 amide bonds. The van der Waals surface area contributed by atoms with Gasteiger partial charge in [-0.1, -0.05) is 0 Å². The van der Waals surface area contributed by atoms with Crippen LogP contribution < -0.4 is 3.58 Å². The topological polar surface area (TPSA) is 51.2 Å². The molecule has 1 rings (SSSR count). The Morgan fingerprint density at radius 2 is 0.886 bits per heavy atom. The molecule has 0 bridgehead atoms. The summed E-state index contributed by atoms with van der Waals surface area (Å²) in [5.74, 6) is 0. The van der Waals surface area contributed by atoms with Crippen molar-refractivity contribution >= 4 is 33.4 Å². The number of benzene rings is 1. The van der Waals surface area contributed by atoms with Gasteiger partial charge in [0.25, 0.3) is 0 Å². The maximum absolute atomic E-state index is 14.1. The first kappa shape index (κ1) is 32.1. The van der Waals surface area contributed by atoms with Gasteiger partial charge in [0.2, 0.25) is 0 Å². The molecule has 0 unspecified atom stereocenters. The van der Waals surface area contributed by atoms with Gasteiger partial charge in [0.1, 0.15) is 0 Å². The Morgan fingerprint density at radius 1 is 0.543 bits per heavy atom. The molecule has 198 valence electrons. The van der Waals surface area contributed by atoms with E-state index < -0.39 is 18.4 Å². The summed E-state index contributed by atoms with van der Waals surface area (Å²) in [5.41, 5.74) is 0.960. The van der Waals surface area contributed by atoms with E-state index in [-0.39, 0.29) is 11.4 Å². The molecule has 0 N–H and O–H groups in total. The van der Waals surface area contributed by atoms with Gasteiger partial charge in [-0.25, -0.2) is 0 Å². The molecule has 0 spiro atoms. The Balaban J connectivity index is 3.25. The Morgan fingerprint density at radius 3 is 1.23 bits per heavy atom. The van der Waals surface area contributed by atoms with Crippen molar-refractivity contribution in [1.82, 2.24) is 0 Å². The molecule has 3 nitrogen and oxygen atoms in total. The Hall–Kier alpha value is -0.971. The van der Waals surface area contributed by atoms with Crippen molar-refractivity contribution in [3.63, 3.8) is 0 Å². The molecule has 1 aromatic rings. The third kappa shape index (κ3) is 10.5. The predicted molar refractivity (Wildman–Crippen MR) is 152 cm³/mol. The van der Waals surface area contributed by atoms with Gasteiger partial charge in [-0.05, 0) is 0 Å². The van der Waals surface area contributed by atoms with Crippen LogP contribution in [0.5, 0.6) is 0 Å². The molecular weight excluding hydrogens is 539 g/mol. The van der Waals surface area contributed by atoms with Crippen LogP contribution in [0.3, 0.4) is 0 Å². The number of carbonyl (C=O) groups is 3. The third-order valence-electron chi connectivity index (χ3n) is 7.33. The van der Waals surface area contributed by atoms with Crippen molar-refractivity contribution in [2.75, 3.05) is 0 Å². The molecule has 0 aliphatic heterocycles. The van der Waals surface area contributed by atoms with E-state index in [0.717, 1.165) is 86.2 Å². The molecule has 0 aliphatic carbocycles. The molecule has 4 heteroatoms. The number of rotatable bonds is 22. The average Bonchev–Trinajstić information content (AvgIpc) is 2.85. The normalized spacial score (nSPS) is 11.5. The molecule has 35 heavy (non-hydrogen) atoms. The van der Waals surface area contributed by atoms with E-state index in [1.165, 1.54) is 19.3 Å². The molecule has 0 atom stereocenters. The van der Waals surface area contributed by atoms with E-state index in [1.54, 1.807) is 0 Å². The zero-order valence-electron chi connectivity index (χ0n) is 23.3. The molecule has 1 aromatic carbocycles. The van der Waals surface area contributed by atoms with Gasteiger partial charge < -0.3 is 0 Å². The van der Waals surface area contributed by atoms with Gasteiger partial charge in [-0.2, -0.15) is 0 Å². The quantitative estimate of drug-likeness (QED) is 0.101. The van der Waals surface area contributed by atoms with Crippen molar-refractivity contribution in [1.29, 1.82) is 0 Å². The number of hydrogen-bond acceptors (Lipinski definition) is 3. The number of unbranched alkanes of at least 4 members (excludes halogenated alkanes) is 12. The van der Waals surface area contributed by atoms with Gasteiger partial charge >= 0.3 is 221 Å². The van der Waals surface area contributed by atoms with Gasteiger partial charge in [0.05, 0.1) is 0 Å². The first-order valence-electron chi connectivity index (χ1n) is 14.6. The van der Waals surface area contributed by atoms with Crippen LogP contribution in [0, 0.1) is 6.92 Å². The molecule has 0 aromatic heterocycles. The SMILES string of the molecule is CCCCCCC[C](=O)[Sn]([C](=O)CCCCCCC)([C](=O)CCCCCCC)[c]1ccccc1C. The second-order valence-corrected chi connectivity index (χ2v) is 20.9. The summed E-state index contributed by atoms with van der Waals surface area (Å²) in [6.07, 6.45) is 17.0. The van der Waals surface area contributed by atoms with Crippen LogP contribution in [-0.4, -0.2) is 29.8 Å². The van der Waals surface area contributed by atoms with E-state index in [9.17, 15) is 14.4 Å². The van der Waals surface area contributed by atoms with Crippen molar-refractivity contribution in [3.8, 4) is 0 Å². The molecule has 0 heterocycles. The maximum atomic E-state index is 14.1. The van der Waals surface area contributed by atoms with Crippen molar-refractivity contribution in [2.45, 2.75) is 143 Å². The summed E-state index contributed by atoms with van der Waals surface area (Å²) in [6.45, 7) is 8.54. The van der Waals surface area contributed by atoms with E-state index in [0.29, 0.717) is 19.3 Å². The summed E-state index contributed by atoms with van der Waals surface area (Å²) in [6, 6.07) is 7.81. The molecular formula is C31H52O3Sn. The first-order chi connectivity index (χ1) is 17.0. The van der Waals surface area contributed by atoms with E-state index in [1.807, 2.05) is 31.2 Å². The van der Waals surface area contributed by atoms with Crippen LogP contribution in [0.2, 0.25) is 0 Å². The van der Waals surface area contributed by atoms with Crippen LogP contribution in [0.25, 0.3) is 0 Å². The fraction of sp³-hybridized carbons (Fsp3) is 0.710. The first-order valence-corrected chi connectivity index (χ1v) is 20.3. The fourth-order valence-corrected chi connectivity index (χ4v) is 18.0. The fourth-order valence-electron chi connectivity index (χ4n) is 5.14. The minimum atomic E-state index is -4.69. The summed E-state index contributed by atoms with van der Waals surface area (Å²) in [5, 5.41) is 0. The summed E-state index contributed by atoms with van der Waals surface area (Å²) in [4.78, 5) is 42.2. The minimum absolute atomic E-state index is 0.0437. The molecule has 0 saturated carbocycles. The van der Waals surface area contributed by atoms with Crippen LogP contribution in [0.4, 0.5) is 0 Å². The van der Waals surface area contributed by atoms with Crippen LogP contribution in [0.1, 0.15) is 142 Å². The second kappa shape index (κ2) is 19.2. The standard InChI is InChI=1S/3C8H15O.C7H7.Sn/c3*1-2-3-4-5-6-7-8-9;1-7-5-3-2-4-6-7;/h3*2-7H2,1H3;2-5H,1H3;. The summed E-state index contributed by atoms with van der Waals surface area (Å²) >= 11 is -4.69. The zero-order valence-corrected chi connectivity index (χ0v) is 26.1. The Bertz CT molecular complexity index is 691. The molecule has 0 saturated heterocycles. The van der Waals surface area contributed by atoms with Gasteiger partial charge in [-0.15, -0.1) is 0 Å². The van der Waals surface area contributed by atoms with E-state index in [4.69, 9.17) is 0 Å². The van der Waals surface area contributed by atoms with E-state index >= 15 is 0 Å². The summed E-state index contributed by atoms with van der Waals surface area (Å²) < 4.78 is 0.976. The van der Waals surface area contributed by atoms with E-state index in [2.05, 4.69) is 20.8 Å². The Labute approximate surface area is 220 Å².